The van der Waals surface area contributed by atoms with E-state index in [1.54, 1.807) is 18.2 Å². The minimum Gasteiger partial charge on any atom is -0.366 e. The second kappa shape index (κ2) is 8.11. The van der Waals surface area contributed by atoms with E-state index in [9.17, 15) is 9.59 Å². The SMILES string of the molecule is NC(=O)c1ccccc1Cn1c2cc(-c3ccc(Cl)cc3)ccc2c2c(C(N)=O)cccc21. The van der Waals surface area contributed by atoms with E-state index in [1.807, 2.05) is 60.7 Å². The lowest BCUT2D eigenvalue weighted by molar-refractivity contribution is 0.0992. The highest BCUT2D eigenvalue weighted by Gasteiger charge is 2.18. The number of primary amides is 2. The summed E-state index contributed by atoms with van der Waals surface area (Å²) in [4.78, 5) is 24.3. The molecule has 0 atom stereocenters. The van der Waals surface area contributed by atoms with Gasteiger partial charge in [-0.25, -0.2) is 0 Å². The van der Waals surface area contributed by atoms with Crippen molar-refractivity contribution in [3.05, 3.63) is 107 Å². The molecule has 1 aromatic heterocycles. The maximum absolute atomic E-state index is 12.2. The molecule has 5 rings (SSSR count). The molecule has 0 spiro atoms. The van der Waals surface area contributed by atoms with Gasteiger partial charge in [0.1, 0.15) is 0 Å². The van der Waals surface area contributed by atoms with Gasteiger partial charge in [0.05, 0.1) is 11.0 Å². The van der Waals surface area contributed by atoms with Crippen molar-refractivity contribution in [2.24, 2.45) is 11.5 Å². The predicted molar refractivity (Wildman–Crippen MR) is 132 cm³/mol. The Morgan fingerprint density at radius 3 is 2.12 bits per heavy atom. The molecule has 0 radical (unpaired) electrons. The fourth-order valence-electron chi connectivity index (χ4n) is 4.41. The number of carbonyl (C=O) groups is 2. The van der Waals surface area contributed by atoms with Gasteiger partial charge >= 0.3 is 0 Å². The van der Waals surface area contributed by atoms with Gasteiger partial charge in [0, 0.05) is 33.5 Å². The number of aromatic nitrogens is 1. The third-order valence-electron chi connectivity index (χ3n) is 5.95. The van der Waals surface area contributed by atoms with Crippen LogP contribution in [0.25, 0.3) is 32.9 Å². The molecular formula is C27H20ClN3O2. The summed E-state index contributed by atoms with van der Waals surface area (Å²) in [5, 5.41) is 2.37. The van der Waals surface area contributed by atoms with Crippen molar-refractivity contribution in [2.75, 3.05) is 0 Å². The average Bonchev–Trinajstić information content (AvgIpc) is 3.12. The summed E-state index contributed by atoms with van der Waals surface area (Å²) in [6.07, 6.45) is 0. The van der Waals surface area contributed by atoms with Crippen LogP contribution in [-0.2, 0) is 6.54 Å². The van der Waals surface area contributed by atoms with Crippen LogP contribution in [0.2, 0.25) is 5.02 Å². The predicted octanol–water partition coefficient (Wildman–Crippen LogP) is 5.36. The molecule has 0 aliphatic rings. The Labute approximate surface area is 195 Å². The van der Waals surface area contributed by atoms with Gasteiger partial charge < -0.3 is 16.0 Å². The van der Waals surface area contributed by atoms with Crippen LogP contribution < -0.4 is 11.5 Å². The molecule has 0 aliphatic carbocycles. The van der Waals surface area contributed by atoms with Crippen LogP contribution in [0.4, 0.5) is 0 Å². The number of benzene rings is 4. The summed E-state index contributed by atoms with van der Waals surface area (Å²) in [6, 6.07) is 26.5. The molecule has 5 nitrogen and oxygen atoms in total. The standard InChI is InChI=1S/C27H20ClN3O2/c28-19-11-8-16(9-12-19)17-10-13-21-24(14-17)31(15-18-4-1-2-5-20(18)26(29)32)23-7-3-6-22(25(21)23)27(30)33/h1-14H,15H2,(H2,29,32)(H2,30,33). The first-order chi connectivity index (χ1) is 15.9. The van der Waals surface area contributed by atoms with Crippen LogP contribution in [0.1, 0.15) is 26.3 Å². The van der Waals surface area contributed by atoms with Crippen molar-refractivity contribution >= 4 is 45.2 Å². The lowest BCUT2D eigenvalue weighted by Crippen LogP contribution is -2.15. The first-order valence-electron chi connectivity index (χ1n) is 10.4. The van der Waals surface area contributed by atoms with Gasteiger partial charge in [-0.2, -0.15) is 0 Å². The first-order valence-corrected chi connectivity index (χ1v) is 10.8. The van der Waals surface area contributed by atoms with Crippen molar-refractivity contribution in [2.45, 2.75) is 6.54 Å². The highest BCUT2D eigenvalue weighted by Crippen LogP contribution is 2.35. The minimum absolute atomic E-state index is 0.408. The highest BCUT2D eigenvalue weighted by molar-refractivity contribution is 6.30. The van der Waals surface area contributed by atoms with E-state index in [0.29, 0.717) is 22.7 Å². The number of nitrogens with two attached hydrogens (primary N) is 2. The lowest BCUT2D eigenvalue weighted by atomic mass is 10.0. The van der Waals surface area contributed by atoms with Crippen LogP contribution in [0.5, 0.6) is 0 Å². The van der Waals surface area contributed by atoms with E-state index < -0.39 is 11.8 Å². The van der Waals surface area contributed by atoms with E-state index in [0.717, 1.165) is 38.5 Å². The average molecular weight is 454 g/mol. The molecule has 162 valence electrons. The Morgan fingerprint density at radius 1 is 0.727 bits per heavy atom. The van der Waals surface area contributed by atoms with Crippen molar-refractivity contribution in [3.63, 3.8) is 0 Å². The van der Waals surface area contributed by atoms with Gasteiger partial charge in [-0.15, -0.1) is 0 Å². The molecular weight excluding hydrogens is 434 g/mol. The van der Waals surface area contributed by atoms with Gasteiger partial charge in [-0.3, -0.25) is 9.59 Å². The Morgan fingerprint density at radius 2 is 1.39 bits per heavy atom. The van der Waals surface area contributed by atoms with Gasteiger partial charge in [-0.05, 0) is 53.1 Å². The largest absolute Gasteiger partial charge is 0.366 e. The van der Waals surface area contributed by atoms with Gasteiger partial charge in [0.2, 0.25) is 11.8 Å². The fraction of sp³-hybridized carbons (Fsp3) is 0.0370. The van der Waals surface area contributed by atoms with E-state index in [2.05, 4.69) is 10.6 Å². The molecule has 0 saturated heterocycles. The second-order valence-electron chi connectivity index (χ2n) is 7.91. The number of nitrogens with zero attached hydrogens (tertiary/aromatic N) is 1. The Balaban J connectivity index is 1.80. The Hall–Kier alpha value is -4.09. The molecule has 0 aliphatic heterocycles. The minimum atomic E-state index is -0.487. The Kier molecular flexibility index (Phi) is 5.11. The number of amides is 2. The molecule has 33 heavy (non-hydrogen) atoms. The summed E-state index contributed by atoms with van der Waals surface area (Å²) in [5.41, 5.74) is 16.9. The van der Waals surface area contributed by atoms with E-state index >= 15 is 0 Å². The van der Waals surface area contributed by atoms with Gasteiger partial charge in [-0.1, -0.05) is 60.1 Å². The molecule has 0 bridgehead atoms. The summed E-state index contributed by atoms with van der Waals surface area (Å²) >= 11 is 6.06. The van der Waals surface area contributed by atoms with E-state index in [-0.39, 0.29) is 0 Å². The number of rotatable bonds is 5. The summed E-state index contributed by atoms with van der Waals surface area (Å²) in [5.74, 6) is -0.968. The zero-order valence-corrected chi connectivity index (χ0v) is 18.3. The third-order valence-corrected chi connectivity index (χ3v) is 6.20. The van der Waals surface area contributed by atoms with E-state index in [1.165, 1.54) is 0 Å². The Bertz CT molecular complexity index is 1550. The van der Waals surface area contributed by atoms with Crippen LogP contribution in [0.3, 0.4) is 0 Å². The smallest absolute Gasteiger partial charge is 0.249 e. The van der Waals surface area contributed by atoms with Crippen molar-refractivity contribution in [1.82, 2.24) is 4.57 Å². The van der Waals surface area contributed by atoms with Crippen LogP contribution in [-0.4, -0.2) is 16.4 Å². The fourth-order valence-corrected chi connectivity index (χ4v) is 4.54. The van der Waals surface area contributed by atoms with E-state index in [4.69, 9.17) is 23.1 Å². The maximum atomic E-state index is 12.2. The van der Waals surface area contributed by atoms with Crippen LogP contribution in [0.15, 0.2) is 84.9 Å². The monoisotopic (exact) mass is 453 g/mol. The maximum Gasteiger partial charge on any atom is 0.249 e. The third kappa shape index (κ3) is 3.62. The molecule has 5 aromatic rings. The number of halogens is 1. The zero-order chi connectivity index (χ0) is 23.1. The molecule has 2 amide bonds. The van der Waals surface area contributed by atoms with Gasteiger partial charge in [0.25, 0.3) is 0 Å². The number of fused-ring (bicyclic) bond motifs is 3. The van der Waals surface area contributed by atoms with Crippen LogP contribution >= 0.6 is 11.6 Å². The quantitative estimate of drug-likeness (QED) is 0.375. The summed E-state index contributed by atoms with van der Waals surface area (Å²) < 4.78 is 2.10. The lowest BCUT2D eigenvalue weighted by Gasteiger charge is -2.12. The van der Waals surface area contributed by atoms with Crippen molar-refractivity contribution in [1.29, 1.82) is 0 Å². The number of carbonyl (C=O) groups excluding carboxylic acids is 2. The molecule has 0 unspecified atom stereocenters. The molecule has 4 N–H and O–H groups in total. The molecule has 1 heterocycles. The molecule has 0 saturated carbocycles. The highest BCUT2D eigenvalue weighted by atomic mass is 35.5. The molecule has 6 heteroatoms. The van der Waals surface area contributed by atoms with Crippen molar-refractivity contribution < 1.29 is 9.59 Å². The zero-order valence-electron chi connectivity index (χ0n) is 17.6. The second-order valence-corrected chi connectivity index (χ2v) is 8.35. The molecule has 0 fully saturated rings. The normalized spacial score (nSPS) is 11.2. The van der Waals surface area contributed by atoms with Crippen molar-refractivity contribution in [3.8, 4) is 11.1 Å². The van der Waals surface area contributed by atoms with Gasteiger partial charge in [0.15, 0.2) is 0 Å². The van der Waals surface area contributed by atoms with Crippen LogP contribution in [0, 0.1) is 0 Å². The summed E-state index contributed by atoms with van der Waals surface area (Å²) in [6.45, 7) is 0.408. The summed E-state index contributed by atoms with van der Waals surface area (Å²) in [7, 11) is 0. The number of hydrogen-bond acceptors (Lipinski definition) is 2. The first kappa shape index (κ1) is 20.8. The topological polar surface area (TPSA) is 91.1 Å². The molecule has 4 aromatic carbocycles. The number of hydrogen-bond donors (Lipinski definition) is 2.